The fraction of sp³-hybridized carbons (Fsp3) is 0.368. The van der Waals surface area contributed by atoms with Gasteiger partial charge in [-0.2, -0.15) is 0 Å². The van der Waals surface area contributed by atoms with Crippen LogP contribution >= 0.6 is 0 Å². The van der Waals surface area contributed by atoms with E-state index < -0.39 is 5.97 Å². The zero-order valence-corrected chi connectivity index (χ0v) is 14.7. The summed E-state index contributed by atoms with van der Waals surface area (Å²) in [4.78, 5) is 24.0. The Morgan fingerprint density at radius 1 is 1.12 bits per heavy atom. The van der Waals surface area contributed by atoms with E-state index in [1.165, 1.54) is 11.1 Å². The van der Waals surface area contributed by atoms with E-state index in [0.29, 0.717) is 17.1 Å². The zero-order valence-electron chi connectivity index (χ0n) is 14.7. The van der Waals surface area contributed by atoms with Crippen LogP contribution in [0.3, 0.4) is 0 Å². The minimum Gasteiger partial charge on any atom is -0.466 e. The molecule has 2 aromatic rings. The Morgan fingerprint density at radius 3 is 2.42 bits per heavy atom. The van der Waals surface area contributed by atoms with Crippen molar-refractivity contribution in [2.45, 2.75) is 40.7 Å². The number of hydrogen-bond donors (Lipinski definition) is 1. The van der Waals surface area contributed by atoms with Crippen molar-refractivity contribution in [1.29, 1.82) is 0 Å². The first kappa shape index (κ1) is 17.8. The molecule has 0 saturated heterocycles. The molecule has 1 aromatic heterocycles. The Kier molecular flexibility index (Phi) is 5.44. The van der Waals surface area contributed by atoms with Gasteiger partial charge in [-0.1, -0.05) is 18.2 Å². The molecule has 0 bridgehead atoms. The fourth-order valence-electron chi connectivity index (χ4n) is 2.44. The summed E-state index contributed by atoms with van der Waals surface area (Å²) in [6.45, 7) is 9.09. The molecule has 5 heteroatoms. The highest BCUT2D eigenvalue weighted by Crippen LogP contribution is 2.17. The first-order valence-electron chi connectivity index (χ1n) is 7.88. The molecule has 1 heterocycles. The van der Waals surface area contributed by atoms with E-state index in [-0.39, 0.29) is 18.6 Å². The van der Waals surface area contributed by atoms with Crippen molar-refractivity contribution >= 4 is 11.9 Å². The number of carbonyl (C=O) groups excluding carboxylic acids is 2. The molecule has 2 rings (SSSR count). The third-order valence-corrected chi connectivity index (χ3v) is 4.00. The molecule has 0 aliphatic rings. The lowest BCUT2D eigenvalue weighted by Gasteiger charge is -2.15. The molecule has 0 saturated carbocycles. The summed E-state index contributed by atoms with van der Waals surface area (Å²) >= 11 is 0. The molecule has 1 N–H and O–H groups in total. The van der Waals surface area contributed by atoms with Gasteiger partial charge in [0.15, 0.2) is 6.61 Å². The Hall–Kier alpha value is -2.56. The Bertz CT molecular complexity index is 761. The SMILES string of the molecule is Cc1cc(C(=O)OCC(=O)N[C@@H](C)c2ccc(C)c(C)c2)c(C)o1. The number of aryl methyl sites for hydroxylation is 4. The van der Waals surface area contributed by atoms with Gasteiger partial charge < -0.3 is 14.5 Å². The third-order valence-electron chi connectivity index (χ3n) is 4.00. The Morgan fingerprint density at radius 2 is 1.83 bits per heavy atom. The van der Waals surface area contributed by atoms with Gasteiger partial charge in [-0.25, -0.2) is 4.79 Å². The lowest BCUT2D eigenvalue weighted by atomic mass is 10.0. The summed E-state index contributed by atoms with van der Waals surface area (Å²) in [6.07, 6.45) is 0. The van der Waals surface area contributed by atoms with Crippen molar-refractivity contribution in [3.8, 4) is 0 Å². The average Bonchev–Trinajstić information content (AvgIpc) is 2.86. The van der Waals surface area contributed by atoms with E-state index in [2.05, 4.69) is 5.32 Å². The predicted molar refractivity (Wildman–Crippen MR) is 90.9 cm³/mol. The molecule has 5 nitrogen and oxygen atoms in total. The second-order valence-electron chi connectivity index (χ2n) is 6.04. The Labute approximate surface area is 142 Å². The number of esters is 1. The maximum Gasteiger partial charge on any atom is 0.342 e. The van der Waals surface area contributed by atoms with Crippen molar-refractivity contribution < 1.29 is 18.7 Å². The minimum atomic E-state index is -0.557. The molecule has 1 amide bonds. The van der Waals surface area contributed by atoms with Gasteiger partial charge in [0.25, 0.3) is 5.91 Å². The normalized spacial score (nSPS) is 11.9. The second kappa shape index (κ2) is 7.34. The van der Waals surface area contributed by atoms with Gasteiger partial charge in [-0.3, -0.25) is 4.79 Å². The van der Waals surface area contributed by atoms with Crippen LogP contribution < -0.4 is 5.32 Å². The molecule has 0 aliphatic carbocycles. The van der Waals surface area contributed by atoms with Crippen LogP contribution in [-0.4, -0.2) is 18.5 Å². The zero-order chi connectivity index (χ0) is 17.9. The van der Waals surface area contributed by atoms with E-state index in [4.69, 9.17) is 9.15 Å². The van der Waals surface area contributed by atoms with Crippen molar-refractivity contribution in [2.24, 2.45) is 0 Å². The molecule has 0 aliphatic heterocycles. The van der Waals surface area contributed by atoms with E-state index >= 15 is 0 Å². The first-order chi connectivity index (χ1) is 11.3. The molecule has 1 aromatic carbocycles. The van der Waals surface area contributed by atoms with E-state index in [9.17, 15) is 9.59 Å². The Balaban J connectivity index is 1.89. The number of amides is 1. The van der Waals surface area contributed by atoms with Crippen LogP contribution in [0.2, 0.25) is 0 Å². The minimum absolute atomic E-state index is 0.159. The second-order valence-corrected chi connectivity index (χ2v) is 6.04. The van der Waals surface area contributed by atoms with E-state index in [1.54, 1.807) is 19.9 Å². The number of benzene rings is 1. The van der Waals surface area contributed by atoms with E-state index in [0.717, 1.165) is 5.56 Å². The highest BCUT2D eigenvalue weighted by atomic mass is 16.5. The maximum absolute atomic E-state index is 12.0. The smallest absolute Gasteiger partial charge is 0.342 e. The standard InChI is InChI=1S/C19H23NO4/c1-11-6-7-16(8-12(11)2)14(4)20-18(21)10-23-19(22)17-9-13(3)24-15(17)5/h6-9,14H,10H2,1-5H3,(H,20,21)/t14-/m0/s1. The summed E-state index contributed by atoms with van der Waals surface area (Å²) in [7, 11) is 0. The predicted octanol–water partition coefficient (Wildman–Crippen LogP) is 3.55. The van der Waals surface area contributed by atoms with Crippen LogP contribution in [0, 0.1) is 27.7 Å². The maximum atomic E-state index is 12.0. The molecule has 0 radical (unpaired) electrons. The molecule has 24 heavy (non-hydrogen) atoms. The number of ether oxygens (including phenoxy) is 1. The van der Waals surface area contributed by atoms with Crippen LogP contribution in [0.25, 0.3) is 0 Å². The summed E-state index contributed by atoms with van der Waals surface area (Å²) in [5, 5.41) is 2.83. The summed E-state index contributed by atoms with van der Waals surface area (Å²) in [5.41, 5.74) is 3.74. The number of carbonyl (C=O) groups is 2. The summed E-state index contributed by atoms with van der Waals surface area (Å²) in [6, 6.07) is 7.50. The van der Waals surface area contributed by atoms with Gasteiger partial charge in [0.2, 0.25) is 0 Å². The average molecular weight is 329 g/mol. The molecule has 0 spiro atoms. The lowest BCUT2D eigenvalue weighted by molar-refractivity contribution is -0.124. The monoisotopic (exact) mass is 329 g/mol. The molecular formula is C19H23NO4. The van der Waals surface area contributed by atoms with Crippen molar-refractivity contribution in [3.63, 3.8) is 0 Å². The number of furan rings is 1. The molecule has 0 fully saturated rings. The van der Waals surface area contributed by atoms with Gasteiger partial charge in [-0.15, -0.1) is 0 Å². The van der Waals surface area contributed by atoms with Crippen LogP contribution in [-0.2, 0) is 9.53 Å². The summed E-state index contributed by atoms with van der Waals surface area (Å²) in [5.74, 6) is 0.221. The highest BCUT2D eigenvalue weighted by Gasteiger charge is 2.17. The number of rotatable bonds is 5. The van der Waals surface area contributed by atoms with Crippen molar-refractivity contribution in [1.82, 2.24) is 5.32 Å². The third kappa shape index (κ3) is 4.25. The van der Waals surface area contributed by atoms with Crippen LogP contribution in [0.15, 0.2) is 28.7 Å². The van der Waals surface area contributed by atoms with Gasteiger partial charge >= 0.3 is 5.97 Å². The molecule has 128 valence electrons. The molecule has 1 atom stereocenters. The van der Waals surface area contributed by atoms with Gasteiger partial charge in [0.05, 0.1) is 6.04 Å². The van der Waals surface area contributed by atoms with Gasteiger partial charge in [0, 0.05) is 0 Å². The number of nitrogens with one attached hydrogen (secondary N) is 1. The largest absolute Gasteiger partial charge is 0.466 e. The van der Waals surface area contributed by atoms with Crippen LogP contribution in [0.4, 0.5) is 0 Å². The summed E-state index contributed by atoms with van der Waals surface area (Å²) < 4.78 is 10.3. The quantitative estimate of drug-likeness (QED) is 0.852. The topological polar surface area (TPSA) is 68.5 Å². The number of hydrogen-bond acceptors (Lipinski definition) is 4. The fourth-order valence-corrected chi connectivity index (χ4v) is 2.44. The van der Waals surface area contributed by atoms with E-state index in [1.807, 2.05) is 39.0 Å². The molecular weight excluding hydrogens is 306 g/mol. The van der Waals surface area contributed by atoms with Crippen molar-refractivity contribution in [2.75, 3.05) is 6.61 Å². The molecule has 0 unspecified atom stereocenters. The highest BCUT2D eigenvalue weighted by molar-refractivity contribution is 5.92. The lowest BCUT2D eigenvalue weighted by Crippen LogP contribution is -2.31. The van der Waals surface area contributed by atoms with Crippen LogP contribution in [0.5, 0.6) is 0 Å². The van der Waals surface area contributed by atoms with Gasteiger partial charge in [0.1, 0.15) is 17.1 Å². The van der Waals surface area contributed by atoms with Crippen molar-refractivity contribution in [3.05, 3.63) is 58.0 Å². The van der Waals surface area contributed by atoms with Gasteiger partial charge in [-0.05, 0) is 57.4 Å². The van der Waals surface area contributed by atoms with Crippen LogP contribution in [0.1, 0.15) is 51.5 Å². The first-order valence-corrected chi connectivity index (χ1v) is 7.88.